The molecule has 2 aliphatic rings. The first-order valence-electron chi connectivity index (χ1n) is 11.9. The van der Waals surface area contributed by atoms with E-state index in [4.69, 9.17) is 14.8 Å². The summed E-state index contributed by atoms with van der Waals surface area (Å²) in [5.41, 5.74) is 3.38. The van der Waals surface area contributed by atoms with E-state index < -0.39 is 9.84 Å². The van der Waals surface area contributed by atoms with Crippen molar-refractivity contribution in [2.24, 2.45) is 0 Å². The molecule has 5 rings (SSSR count). The topological polar surface area (TPSA) is 94.4 Å². The first kappa shape index (κ1) is 22.8. The highest BCUT2D eigenvalue weighted by Gasteiger charge is 2.33. The van der Waals surface area contributed by atoms with E-state index >= 15 is 0 Å². The van der Waals surface area contributed by atoms with Crippen LogP contribution in [-0.2, 0) is 9.84 Å². The second kappa shape index (κ2) is 9.02. The van der Waals surface area contributed by atoms with Gasteiger partial charge in [0.05, 0.1) is 47.0 Å². The van der Waals surface area contributed by atoms with Crippen molar-refractivity contribution in [3.05, 3.63) is 41.6 Å². The Morgan fingerprint density at radius 3 is 2.41 bits per heavy atom. The van der Waals surface area contributed by atoms with E-state index in [1.54, 1.807) is 11.8 Å². The summed E-state index contributed by atoms with van der Waals surface area (Å²) in [6.45, 7) is 3.36. The predicted octanol–water partition coefficient (Wildman–Crippen LogP) is 3.79. The van der Waals surface area contributed by atoms with Crippen LogP contribution < -0.4 is 4.74 Å². The highest BCUT2D eigenvalue weighted by Crippen LogP contribution is 2.33. The van der Waals surface area contributed by atoms with E-state index in [0.717, 1.165) is 55.5 Å². The van der Waals surface area contributed by atoms with Crippen LogP contribution in [0.15, 0.2) is 30.3 Å². The molecule has 1 aromatic carbocycles. The number of pyridine rings is 1. The molecule has 3 aromatic rings. The van der Waals surface area contributed by atoms with Crippen LogP contribution in [0.25, 0.3) is 22.3 Å². The van der Waals surface area contributed by atoms with E-state index in [0.29, 0.717) is 29.0 Å². The summed E-state index contributed by atoms with van der Waals surface area (Å²) in [5.74, 6) is 0.927. The average molecular weight is 483 g/mol. The molecule has 0 aliphatic carbocycles. The van der Waals surface area contributed by atoms with Gasteiger partial charge in [0.1, 0.15) is 5.75 Å². The van der Waals surface area contributed by atoms with Crippen molar-refractivity contribution in [1.29, 1.82) is 0 Å². The average Bonchev–Trinajstić information content (AvgIpc) is 3.22. The highest BCUT2D eigenvalue weighted by atomic mass is 32.2. The fourth-order valence-electron chi connectivity index (χ4n) is 5.06. The van der Waals surface area contributed by atoms with Crippen molar-refractivity contribution in [2.75, 3.05) is 31.7 Å². The summed E-state index contributed by atoms with van der Waals surface area (Å²) in [6, 6.07) is 9.15. The van der Waals surface area contributed by atoms with Crippen LogP contribution in [-0.4, -0.2) is 65.7 Å². The Balaban J connectivity index is 1.67. The molecular formula is C25H30N4O4S. The maximum absolute atomic E-state index is 13.8. The van der Waals surface area contributed by atoms with Crippen LogP contribution in [0.5, 0.6) is 5.75 Å². The molecule has 9 heteroatoms. The Morgan fingerprint density at radius 1 is 1.09 bits per heavy atom. The van der Waals surface area contributed by atoms with Crippen LogP contribution in [0.3, 0.4) is 0 Å². The third-order valence-corrected chi connectivity index (χ3v) is 8.65. The molecule has 0 spiro atoms. The van der Waals surface area contributed by atoms with Gasteiger partial charge in [-0.3, -0.25) is 4.79 Å². The number of aromatic nitrogens is 3. The fraction of sp³-hybridized carbons (Fsp3) is 0.480. The Bertz CT molecular complexity index is 1320. The van der Waals surface area contributed by atoms with Crippen LogP contribution in [0.2, 0.25) is 0 Å². The maximum Gasteiger partial charge on any atom is 0.254 e. The van der Waals surface area contributed by atoms with Gasteiger partial charge in [-0.1, -0.05) is 12.8 Å². The van der Waals surface area contributed by atoms with Crippen molar-refractivity contribution in [3.63, 3.8) is 0 Å². The number of fused-ring (bicyclic) bond motifs is 1. The fourth-order valence-corrected chi connectivity index (χ4v) is 6.75. The van der Waals surface area contributed by atoms with Crippen LogP contribution in [0, 0.1) is 6.92 Å². The van der Waals surface area contributed by atoms with E-state index in [2.05, 4.69) is 0 Å². The van der Waals surface area contributed by atoms with Gasteiger partial charge in [-0.05, 0) is 56.5 Å². The number of benzene rings is 1. The zero-order valence-electron chi connectivity index (χ0n) is 19.7. The molecule has 2 saturated heterocycles. The molecule has 180 valence electrons. The number of aryl methyl sites for hydroxylation is 1. The van der Waals surface area contributed by atoms with Gasteiger partial charge in [0.25, 0.3) is 5.91 Å². The Labute approximate surface area is 199 Å². The number of carbonyl (C=O) groups excluding carboxylic acids is 1. The molecule has 0 bridgehead atoms. The number of amides is 1. The number of sulfone groups is 1. The Morgan fingerprint density at radius 2 is 1.79 bits per heavy atom. The summed E-state index contributed by atoms with van der Waals surface area (Å²) in [4.78, 5) is 20.6. The monoisotopic (exact) mass is 482 g/mol. The molecule has 1 amide bonds. The van der Waals surface area contributed by atoms with E-state index in [9.17, 15) is 13.2 Å². The smallest absolute Gasteiger partial charge is 0.254 e. The molecule has 4 heterocycles. The quantitative estimate of drug-likeness (QED) is 0.562. The highest BCUT2D eigenvalue weighted by molar-refractivity contribution is 7.91. The number of rotatable bonds is 4. The first-order chi connectivity index (χ1) is 16.4. The van der Waals surface area contributed by atoms with E-state index in [1.807, 2.05) is 42.2 Å². The van der Waals surface area contributed by atoms with Crippen molar-refractivity contribution in [1.82, 2.24) is 19.7 Å². The minimum Gasteiger partial charge on any atom is -0.497 e. The van der Waals surface area contributed by atoms with Gasteiger partial charge in [-0.25, -0.2) is 18.1 Å². The summed E-state index contributed by atoms with van der Waals surface area (Å²) in [6.07, 6.45) is 4.79. The largest absolute Gasteiger partial charge is 0.497 e. The van der Waals surface area contributed by atoms with Gasteiger partial charge < -0.3 is 9.64 Å². The third-order valence-electron chi connectivity index (χ3n) is 6.90. The summed E-state index contributed by atoms with van der Waals surface area (Å²) < 4.78 is 31.4. The molecule has 2 aromatic heterocycles. The van der Waals surface area contributed by atoms with Gasteiger partial charge in [-0.2, -0.15) is 5.10 Å². The first-order valence-corrected chi connectivity index (χ1v) is 13.7. The minimum absolute atomic E-state index is 0.00856. The van der Waals surface area contributed by atoms with Crippen molar-refractivity contribution < 1.29 is 17.9 Å². The van der Waals surface area contributed by atoms with Gasteiger partial charge in [0.15, 0.2) is 15.5 Å². The number of ether oxygens (including phenoxy) is 1. The molecular weight excluding hydrogens is 452 g/mol. The summed E-state index contributed by atoms with van der Waals surface area (Å²) in [7, 11) is -1.48. The van der Waals surface area contributed by atoms with Crippen molar-refractivity contribution >= 4 is 26.8 Å². The van der Waals surface area contributed by atoms with E-state index in [1.165, 1.54) is 0 Å². The summed E-state index contributed by atoms with van der Waals surface area (Å²) >= 11 is 0. The second-order valence-electron chi connectivity index (χ2n) is 9.28. The number of hydrogen-bond donors (Lipinski definition) is 0. The molecule has 1 unspecified atom stereocenters. The van der Waals surface area contributed by atoms with Gasteiger partial charge in [-0.15, -0.1) is 0 Å². The van der Waals surface area contributed by atoms with Gasteiger partial charge in [0.2, 0.25) is 0 Å². The number of likely N-dealkylation sites (tertiary alicyclic amines) is 1. The Hall–Kier alpha value is -2.94. The van der Waals surface area contributed by atoms with Gasteiger partial charge >= 0.3 is 0 Å². The Kier molecular flexibility index (Phi) is 6.06. The number of carbonyl (C=O) groups is 1. The zero-order valence-corrected chi connectivity index (χ0v) is 20.5. The van der Waals surface area contributed by atoms with Crippen LogP contribution in [0.1, 0.15) is 54.2 Å². The molecule has 2 aliphatic heterocycles. The van der Waals surface area contributed by atoms with Crippen molar-refractivity contribution in [3.8, 4) is 17.0 Å². The lowest BCUT2D eigenvalue weighted by molar-refractivity contribution is 0.0763. The SMILES string of the molecule is COc1ccc(-c2cc(C(=O)N3CCCCCC3)c3c(C)nn(C4CCS(=O)(=O)C4)c3n2)cc1. The minimum atomic E-state index is -3.10. The lowest BCUT2D eigenvalue weighted by atomic mass is 10.0. The number of nitrogens with zero attached hydrogens (tertiary/aromatic N) is 4. The third kappa shape index (κ3) is 4.29. The zero-order chi connectivity index (χ0) is 23.9. The molecule has 34 heavy (non-hydrogen) atoms. The lowest BCUT2D eigenvalue weighted by Gasteiger charge is -2.21. The predicted molar refractivity (Wildman–Crippen MR) is 131 cm³/mol. The molecule has 0 saturated carbocycles. The molecule has 1 atom stereocenters. The van der Waals surface area contributed by atoms with E-state index in [-0.39, 0.29) is 23.5 Å². The normalized spacial score (nSPS) is 20.4. The number of methoxy groups -OCH3 is 1. The maximum atomic E-state index is 13.8. The molecule has 0 N–H and O–H groups in total. The standard InChI is InChI=1S/C25H30N4O4S/c1-17-23-21(25(30)28-12-5-3-4-6-13-28)15-22(18-7-9-20(33-2)10-8-18)26-24(23)29(27-17)19-11-14-34(31,32)16-19/h7-10,15,19H,3-6,11-14,16H2,1-2H3. The second-order valence-corrected chi connectivity index (χ2v) is 11.5. The van der Waals surface area contributed by atoms with Crippen molar-refractivity contribution in [2.45, 2.75) is 45.1 Å². The molecule has 2 fully saturated rings. The number of hydrogen-bond acceptors (Lipinski definition) is 6. The van der Waals surface area contributed by atoms with Crippen LogP contribution in [0.4, 0.5) is 0 Å². The van der Waals surface area contributed by atoms with Crippen LogP contribution >= 0.6 is 0 Å². The lowest BCUT2D eigenvalue weighted by Crippen LogP contribution is -2.32. The summed E-state index contributed by atoms with van der Waals surface area (Å²) in [5, 5.41) is 5.42. The molecule has 0 radical (unpaired) electrons. The molecule has 8 nitrogen and oxygen atoms in total. The van der Waals surface area contributed by atoms with Gasteiger partial charge in [0, 0.05) is 18.7 Å².